The maximum atomic E-state index is 12.7. The monoisotopic (exact) mass is 474 g/mol. The predicted octanol–water partition coefficient (Wildman–Crippen LogP) is 1.91. The number of rotatable bonds is 4. The molecule has 1 fully saturated rings. The summed E-state index contributed by atoms with van der Waals surface area (Å²) in [6, 6.07) is 4.77. The van der Waals surface area contributed by atoms with Gasteiger partial charge in [0.25, 0.3) is 0 Å². The first kappa shape index (κ1) is 18.3. The van der Waals surface area contributed by atoms with Crippen LogP contribution in [0.1, 0.15) is 12.8 Å². The number of hydrogen-bond acceptors (Lipinski definition) is 4. The SMILES string of the molecule is CS(=O)(=O)NC1CCN(S(=O)(=O)c2cc(Br)ccc2Br)CC1. The minimum atomic E-state index is -3.60. The van der Waals surface area contributed by atoms with E-state index in [1.54, 1.807) is 18.2 Å². The van der Waals surface area contributed by atoms with Crippen molar-refractivity contribution in [3.8, 4) is 0 Å². The first-order valence-corrected chi connectivity index (χ1v) is 11.4. The zero-order chi connectivity index (χ0) is 16.5. The first-order chi connectivity index (χ1) is 10.1. The molecule has 1 heterocycles. The minimum absolute atomic E-state index is 0.205. The molecule has 1 aliphatic heterocycles. The van der Waals surface area contributed by atoms with Crippen molar-refractivity contribution in [1.82, 2.24) is 9.03 Å². The van der Waals surface area contributed by atoms with Gasteiger partial charge in [0.15, 0.2) is 0 Å². The number of nitrogens with one attached hydrogen (secondary N) is 1. The van der Waals surface area contributed by atoms with Crippen molar-refractivity contribution < 1.29 is 16.8 Å². The molecule has 0 unspecified atom stereocenters. The Morgan fingerprint density at radius 1 is 1.14 bits per heavy atom. The fourth-order valence-electron chi connectivity index (χ4n) is 2.33. The summed E-state index contributed by atoms with van der Waals surface area (Å²) in [5, 5.41) is 0. The maximum Gasteiger partial charge on any atom is 0.244 e. The minimum Gasteiger partial charge on any atom is -0.213 e. The third-order valence-corrected chi connectivity index (χ3v) is 7.49. The molecule has 0 aromatic heterocycles. The Morgan fingerprint density at radius 3 is 2.27 bits per heavy atom. The van der Waals surface area contributed by atoms with Crippen LogP contribution in [0.4, 0.5) is 0 Å². The smallest absolute Gasteiger partial charge is 0.213 e. The van der Waals surface area contributed by atoms with Gasteiger partial charge in [0.1, 0.15) is 0 Å². The van der Waals surface area contributed by atoms with Crippen LogP contribution < -0.4 is 4.72 Å². The molecule has 124 valence electrons. The van der Waals surface area contributed by atoms with Gasteiger partial charge in [-0.05, 0) is 47.0 Å². The molecule has 2 rings (SSSR count). The van der Waals surface area contributed by atoms with Crippen molar-refractivity contribution in [1.29, 1.82) is 0 Å². The first-order valence-electron chi connectivity index (χ1n) is 6.52. The van der Waals surface area contributed by atoms with Gasteiger partial charge in [-0.2, -0.15) is 4.31 Å². The number of hydrogen-bond donors (Lipinski definition) is 1. The third kappa shape index (κ3) is 4.51. The van der Waals surface area contributed by atoms with E-state index < -0.39 is 20.0 Å². The van der Waals surface area contributed by atoms with Crippen LogP contribution in [0, 0.1) is 0 Å². The van der Waals surface area contributed by atoms with Gasteiger partial charge in [-0.3, -0.25) is 0 Å². The van der Waals surface area contributed by atoms with Crippen molar-refractivity contribution in [3.05, 3.63) is 27.1 Å². The van der Waals surface area contributed by atoms with Crippen molar-refractivity contribution in [2.45, 2.75) is 23.8 Å². The summed E-state index contributed by atoms with van der Waals surface area (Å²) in [5.41, 5.74) is 0. The van der Waals surface area contributed by atoms with E-state index in [0.717, 1.165) is 6.26 Å². The fourth-order valence-corrected chi connectivity index (χ4v) is 6.10. The maximum absolute atomic E-state index is 12.7. The molecule has 0 aliphatic carbocycles. The van der Waals surface area contributed by atoms with Crippen molar-refractivity contribution in [2.75, 3.05) is 19.3 Å². The lowest BCUT2D eigenvalue weighted by Crippen LogP contribution is -2.46. The Morgan fingerprint density at radius 2 is 1.73 bits per heavy atom. The Kier molecular flexibility index (Phi) is 5.72. The van der Waals surface area contributed by atoms with E-state index in [-0.39, 0.29) is 24.0 Å². The summed E-state index contributed by atoms with van der Waals surface area (Å²) in [4.78, 5) is 0.205. The molecule has 1 aromatic rings. The van der Waals surface area contributed by atoms with E-state index in [1.807, 2.05) is 0 Å². The van der Waals surface area contributed by atoms with Crippen molar-refractivity contribution >= 4 is 51.9 Å². The lowest BCUT2D eigenvalue weighted by Gasteiger charge is -2.31. The van der Waals surface area contributed by atoms with Crippen LogP contribution in [0.25, 0.3) is 0 Å². The Balaban J connectivity index is 2.15. The molecular formula is C12H16Br2N2O4S2. The molecule has 22 heavy (non-hydrogen) atoms. The molecule has 0 radical (unpaired) electrons. The second-order valence-corrected chi connectivity index (χ2v) is 10.6. The molecule has 6 nitrogen and oxygen atoms in total. The average Bonchev–Trinajstić information content (AvgIpc) is 2.40. The summed E-state index contributed by atoms with van der Waals surface area (Å²) >= 11 is 6.54. The molecule has 0 atom stereocenters. The molecule has 10 heteroatoms. The van der Waals surface area contributed by atoms with Crippen LogP contribution in [0.2, 0.25) is 0 Å². The number of piperidine rings is 1. The van der Waals surface area contributed by atoms with Gasteiger partial charge in [-0.15, -0.1) is 0 Å². The van der Waals surface area contributed by atoms with Gasteiger partial charge in [-0.1, -0.05) is 15.9 Å². The molecule has 0 bridgehead atoms. The largest absolute Gasteiger partial charge is 0.244 e. The van der Waals surface area contributed by atoms with Crippen molar-refractivity contribution in [2.24, 2.45) is 0 Å². The van der Waals surface area contributed by atoms with Gasteiger partial charge >= 0.3 is 0 Å². The van der Waals surface area contributed by atoms with E-state index in [1.165, 1.54) is 4.31 Å². The van der Waals surface area contributed by atoms with Crippen LogP contribution in [0.5, 0.6) is 0 Å². The highest BCUT2D eigenvalue weighted by Crippen LogP contribution is 2.29. The highest BCUT2D eigenvalue weighted by Gasteiger charge is 2.31. The Hall–Kier alpha value is -0.000000000000000111. The summed E-state index contributed by atoms with van der Waals surface area (Å²) < 4.78 is 52.9. The standard InChI is InChI=1S/C12H16Br2N2O4S2/c1-21(17,18)15-10-4-6-16(7-5-10)22(19,20)12-8-9(13)2-3-11(12)14/h2-3,8,10,15H,4-7H2,1H3. The Labute approximate surface area is 147 Å². The van der Waals surface area contributed by atoms with Gasteiger partial charge in [0.2, 0.25) is 20.0 Å². The quantitative estimate of drug-likeness (QED) is 0.720. The highest BCUT2D eigenvalue weighted by atomic mass is 79.9. The summed E-state index contributed by atoms with van der Waals surface area (Å²) in [6.45, 7) is 0.572. The molecule has 0 spiro atoms. The second kappa shape index (κ2) is 6.86. The highest BCUT2D eigenvalue weighted by molar-refractivity contribution is 9.11. The second-order valence-electron chi connectivity index (χ2n) is 5.14. The van der Waals surface area contributed by atoms with E-state index in [2.05, 4.69) is 36.6 Å². The van der Waals surface area contributed by atoms with Crippen LogP contribution in [-0.4, -0.2) is 46.5 Å². The zero-order valence-electron chi connectivity index (χ0n) is 11.8. The van der Waals surface area contributed by atoms with E-state index in [4.69, 9.17) is 0 Å². The normalized spacial score (nSPS) is 18.5. The zero-order valence-corrected chi connectivity index (χ0v) is 16.6. The molecule has 0 amide bonds. The summed E-state index contributed by atoms with van der Waals surface area (Å²) in [7, 11) is -6.88. The number of benzene rings is 1. The Bertz CT molecular complexity index is 757. The number of halogens is 2. The van der Waals surface area contributed by atoms with Crippen LogP contribution in [0.15, 0.2) is 32.0 Å². The van der Waals surface area contributed by atoms with Gasteiger partial charge in [-0.25, -0.2) is 21.6 Å². The lowest BCUT2D eigenvalue weighted by molar-refractivity contribution is 0.308. The van der Waals surface area contributed by atoms with E-state index in [9.17, 15) is 16.8 Å². The fraction of sp³-hybridized carbons (Fsp3) is 0.500. The summed E-state index contributed by atoms with van der Waals surface area (Å²) in [6.07, 6.45) is 2.02. The van der Waals surface area contributed by atoms with Crippen LogP contribution in [-0.2, 0) is 20.0 Å². The average molecular weight is 476 g/mol. The van der Waals surface area contributed by atoms with Gasteiger partial charge in [0, 0.05) is 28.1 Å². The van der Waals surface area contributed by atoms with Gasteiger partial charge < -0.3 is 0 Å². The molecule has 1 aromatic carbocycles. The topological polar surface area (TPSA) is 83.6 Å². The molecule has 1 saturated heterocycles. The number of nitrogens with zero attached hydrogens (tertiary/aromatic N) is 1. The third-order valence-electron chi connectivity index (χ3n) is 3.35. The van der Waals surface area contributed by atoms with Crippen LogP contribution >= 0.6 is 31.9 Å². The molecule has 0 saturated carbocycles. The van der Waals surface area contributed by atoms with Gasteiger partial charge in [0.05, 0.1) is 11.2 Å². The molecule has 1 N–H and O–H groups in total. The lowest BCUT2D eigenvalue weighted by atomic mass is 10.1. The molecule has 1 aliphatic rings. The van der Waals surface area contributed by atoms with Crippen molar-refractivity contribution in [3.63, 3.8) is 0 Å². The van der Waals surface area contributed by atoms with Crippen LogP contribution in [0.3, 0.4) is 0 Å². The number of sulfonamides is 2. The summed E-state index contributed by atoms with van der Waals surface area (Å²) in [5.74, 6) is 0. The molecular weight excluding hydrogens is 460 g/mol. The predicted molar refractivity (Wildman–Crippen MR) is 91.6 cm³/mol. The van der Waals surface area contributed by atoms with E-state index >= 15 is 0 Å². The van der Waals surface area contributed by atoms with E-state index in [0.29, 0.717) is 21.8 Å².